The summed E-state index contributed by atoms with van der Waals surface area (Å²) in [5, 5.41) is 6.86. The molecule has 0 aliphatic carbocycles. The van der Waals surface area contributed by atoms with Crippen LogP contribution in [0.2, 0.25) is 6.32 Å². The predicted octanol–water partition coefficient (Wildman–Crippen LogP) is 3.23. The fourth-order valence-corrected chi connectivity index (χ4v) is 0.912. The van der Waals surface area contributed by atoms with Crippen LogP contribution in [-0.4, -0.2) is 14.1 Å². The lowest BCUT2D eigenvalue weighted by molar-refractivity contribution is 1.37. The summed E-state index contributed by atoms with van der Waals surface area (Å²) in [6.45, 7) is 7.88. The van der Waals surface area contributed by atoms with Crippen LogP contribution in [0.4, 0.5) is 0 Å². The fourth-order valence-electron chi connectivity index (χ4n) is 0.912. The molecule has 0 aromatic rings. The van der Waals surface area contributed by atoms with Gasteiger partial charge in [0.05, 0.1) is 7.85 Å². The van der Waals surface area contributed by atoms with E-state index in [4.69, 9.17) is 13.3 Å². The summed E-state index contributed by atoms with van der Waals surface area (Å²) in [6.07, 6.45) is 9.14. The summed E-state index contributed by atoms with van der Waals surface area (Å²) >= 11 is 0. The van der Waals surface area contributed by atoms with Crippen molar-refractivity contribution in [3.63, 3.8) is 0 Å². The van der Waals surface area contributed by atoms with E-state index in [9.17, 15) is 0 Å². The second-order valence-electron chi connectivity index (χ2n) is 2.96. The van der Waals surface area contributed by atoms with Crippen molar-refractivity contribution in [3.05, 3.63) is 47.6 Å². The third-order valence-electron chi connectivity index (χ3n) is 1.88. The van der Waals surface area contributed by atoms with Gasteiger partial charge >= 0.3 is 0 Å². The zero-order valence-electron chi connectivity index (χ0n) is 8.88. The van der Waals surface area contributed by atoms with Crippen LogP contribution in [0.5, 0.6) is 0 Å². The molecule has 72 valence electrons. The highest BCUT2D eigenvalue weighted by molar-refractivity contribution is 6.10. The molecule has 0 atom stereocenters. The molecule has 1 N–H and O–H groups in total. The lowest BCUT2D eigenvalue weighted by Crippen LogP contribution is -1.86. The van der Waals surface area contributed by atoms with Crippen LogP contribution in [0.3, 0.4) is 0 Å². The largest absolute Gasteiger partial charge is 0.309 e. The molecule has 0 rings (SSSR count). The molecule has 1 nitrogen and oxygen atoms in total. The van der Waals surface area contributed by atoms with Gasteiger partial charge in [-0.25, -0.2) is 0 Å². The minimum absolute atomic E-state index is 0.465. The summed E-state index contributed by atoms with van der Waals surface area (Å²) in [5.41, 5.74) is 3.02. The van der Waals surface area contributed by atoms with Crippen molar-refractivity contribution < 1.29 is 0 Å². The first-order chi connectivity index (χ1) is 6.65. The van der Waals surface area contributed by atoms with Crippen molar-refractivity contribution in [1.82, 2.24) is 0 Å². The van der Waals surface area contributed by atoms with Crippen molar-refractivity contribution in [2.24, 2.45) is 0 Å². The van der Waals surface area contributed by atoms with Gasteiger partial charge in [0.15, 0.2) is 0 Å². The highest BCUT2D eigenvalue weighted by atomic mass is 14.3. The highest BCUT2D eigenvalue weighted by Crippen LogP contribution is 2.15. The Morgan fingerprint density at radius 1 is 1.50 bits per heavy atom. The average Bonchev–Trinajstić information content (AvgIpc) is 2.21. The van der Waals surface area contributed by atoms with Crippen molar-refractivity contribution >= 4 is 14.1 Å². The van der Waals surface area contributed by atoms with E-state index in [1.54, 1.807) is 12.2 Å². The van der Waals surface area contributed by atoms with Crippen LogP contribution >= 0.6 is 0 Å². The molecule has 14 heavy (non-hydrogen) atoms. The first kappa shape index (κ1) is 12.7. The first-order valence-corrected chi connectivity index (χ1v) is 4.55. The fraction of sp³-hybridized carbons (Fsp3) is 0.250. The Morgan fingerprint density at radius 2 is 2.14 bits per heavy atom. The molecule has 2 radical (unpaired) electrons. The van der Waals surface area contributed by atoms with E-state index in [0.29, 0.717) is 6.32 Å². The second kappa shape index (κ2) is 7.13. The van der Waals surface area contributed by atoms with E-state index in [1.165, 1.54) is 6.21 Å². The smallest absolute Gasteiger partial charge is 0.0716 e. The molecule has 0 heterocycles. The molecule has 0 aromatic heterocycles. The molecule has 0 unspecified atom stereocenters. The standard InChI is InChI=1S/C12H16BN/c1-4-10(2)8-12(9-13)11(3)6-5-7-14/h4-8,14H,3,9H2,1-2H3/b6-5-,10-4-,12-8-,14-7?. The second-order valence-corrected chi connectivity index (χ2v) is 2.96. The van der Waals surface area contributed by atoms with Crippen molar-refractivity contribution in [2.75, 3.05) is 0 Å². The quantitative estimate of drug-likeness (QED) is 0.386. The van der Waals surface area contributed by atoms with E-state index in [0.717, 1.165) is 16.7 Å². The van der Waals surface area contributed by atoms with E-state index in [1.807, 2.05) is 26.0 Å². The molecule has 0 aliphatic rings. The number of hydrogen-bond donors (Lipinski definition) is 1. The van der Waals surface area contributed by atoms with Crippen LogP contribution in [0, 0.1) is 5.41 Å². The summed E-state index contributed by atoms with van der Waals surface area (Å²) < 4.78 is 0. The molecule has 0 fully saturated rings. The molecular weight excluding hydrogens is 169 g/mol. The Morgan fingerprint density at radius 3 is 2.57 bits per heavy atom. The van der Waals surface area contributed by atoms with E-state index >= 15 is 0 Å². The third kappa shape index (κ3) is 4.66. The van der Waals surface area contributed by atoms with E-state index in [-0.39, 0.29) is 0 Å². The van der Waals surface area contributed by atoms with Gasteiger partial charge in [-0.1, -0.05) is 36.7 Å². The van der Waals surface area contributed by atoms with Gasteiger partial charge in [0.25, 0.3) is 0 Å². The Labute approximate surface area is 87.8 Å². The van der Waals surface area contributed by atoms with Crippen molar-refractivity contribution in [3.8, 4) is 0 Å². The SMILES string of the molecule is [B]C/C(=C/C(C)=C\C)C(=C)/C=C\C=N. The molecular formula is C12H16BN. The zero-order valence-corrected chi connectivity index (χ0v) is 8.88. The molecule has 0 aliphatic heterocycles. The molecule has 0 saturated heterocycles. The van der Waals surface area contributed by atoms with Gasteiger partial charge in [-0.15, -0.1) is 0 Å². The van der Waals surface area contributed by atoms with Crippen LogP contribution in [0.25, 0.3) is 0 Å². The Bertz CT molecular complexity index is 295. The minimum Gasteiger partial charge on any atom is -0.309 e. The first-order valence-electron chi connectivity index (χ1n) is 4.55. The summed E-state index contributed by atoms with van der Waals surface area (Å²) in [5.74, 6) is 0. The van der Waals surface area contributed by atoms with Gasteiger partial charge in [0.1, 0.15) is 0 Å². The van der Waals surface area contributed by atoms with Gasteiger partial charge in [0, 0.05) is 6.21 Å². The van der Waals surface area contributed by atoms with Gasteiger partial charge in [-0.05, 0) is 31.1 Å². The third-order valence-corrected chi connectivity index (χ3v) is 1.88. The maximum absolute atomic E-state index is 6.86. The lowest BCUT2D eigenvalue weighted by atomic mass is 9.90. The van der Waals surface area contributed by atoms with Gasteiger partial charge in [-0.3, -0.25) is 0 Å². The van der Waals surface area contributed by atoms with Crippen LogP contribution < -0.4 is 0 Å². The van der Waals surface area contributed by atoms with Gasteiger partial charge in [-0.2, -0.15) is 0 Å². The maximum atomic E-state index is 6.86. The zero-order chi connectivity index (χ0) is 11.0. The number of allylic oxidation sites excluding steroid dienone is 7. The number of rotatable bonds is 5. The molecule has 2 heteroatoms. The Kier molecular flexibility index (Phi) is 6.47. The normalized spacial score (nSPS) is 13.3. The monoisotopic (exact) mass is 185 g/mol. The van der Waals surface area contributed by atoms with E-state index in [2.05, 4.69) is 6.58 Å². The Hall–Kier alpha value is -1.31. The molecule has 0 amide bonds. The summed E-state index contributed by atoms with van der Waals surface area (Å²) in [4.78, 5) is 0. The molecule has 0 bridgehead atoms. The minimum atomic E-state index is 0.465. The Balaban J connectivity index is 4.72. The number of hydrogen-bond acceptors (Lipinski definition) is 1. The van der Waals surface area contributed by atoms with Gasteiger partial charge in [0.2, 0.25) is 0 Å². The average molecular weight is 185 g/mol. The maximum Gasteiger partial charge on any atom is 0.0716 e. The molecule has 0 spiro atoms. The van der Waals surface area contributed by atoms with Gasteiger partial charge < -0.3 is 5.41 Å². The summed E-state index contributed by atoms with van der Waals surface area (Å²) in [6, 6.07) is 0. The molecule has 0 aromatic carbocycles. The van der Waals surface area contributed by atoms with Crippen LogP contribution in [-0.2, 0) is 0 Å². The highest BCUT2D eigenvalue weighted by Gasteiger charge is 1.95. The van der Waals surface area contributed by atoms with Crippen molar-refractivity contribution in [1.29, 1.82) is 5.41 Å². The molecule has 0 saturated carbocycles. The summed E-state index contributed by atoms with van der Waals surface area (Å²) in [7, 11) is 5.60. The van der Waals surface area contributed by atoms with Crippen molar-refractivity contribution in [2.45, 2.75) is 20.2 Å². The predicted molar refractivity (Wildman–Crippen MR) is 65.1 cm³/mol. The van der Waals surface area contributed by atoms with Crippen LogP contribution in [0.1, 0.15) is 13.8 Å². The number of nitrogens with one attached hydrogen (secondary N) is 1. The lowest BCUT2D eigenvalue weighted by Gasteiger charge is -2.04. The van der Waals surface area contributed by atoms with E-state index < -0.39 is 0 Å². The van der Waals surface area contributed by atoms with Crippen LogP contribution in [0.15, 0.2) is 47.6 Å². The topological polar surface area (TPSA) is 23.9 Å².